The summed E-state index contributed by atoms with van der Waals surface area (Å²) in [4.78, 5) is 1.36. The van der Waals surface area contributed by atoms with Gasteiger partial charge in [-0.1, -0.05) is 19.1 Å². The van der Waals surface area contributed by atoms with E-state index in [0.29, 0.717) is 6.04 Å². The molecule has 1 aromatic carbocycles. The van der Waals surface area contributed by atoms with Gasteiger partial charge in [0.1, 0.15) is 0 Å². The number of thioether (sulfide) groups is 1. The van der Waals surface area contributed by atoms with Crippen LogP contribution in [0.1, 0.15) is 37.8 Å². The van der Waals surface area contributed by atoms with Crippen LogP contribution in [-0.4, -0.2) is 12.8 Å². The SMILES string of the molecule is CCCNC(c1ccc(SC)cc1)C1CC1. The predicted octanol–water partition coefficient (Wildman–Crippen LogP) is 3.86. The van der Waals surface area contributed by atoms with Crippen LogP contribution in [-0.2, 0) is 0 Å². The summed E-state index contributed by atoms with van der Waals surface area (Å²) in [5.41, 5.74) is 1.47. The zero-order valence-corrected chi connectivity index (χ0v) is 11.0. The zero-order valence-electron chi connectivity index (χ0n) is 10.2. The van der Waals surface area contributed by atoms with Crippen molar-refractivity contribution >= 4 is 11.8 Å². The van der Waals surface area contributed by atoms with Crippen LogP contribution in [0.25, 0.3) is 0 Å². The van der Waals surface area contributed by atoms with Crippen molar-refractivity contribution in [1.29, 1.82) is 0 Å². The van der Waals surface area contributed by atoms with Gasteiger partial charge in [-0.25, -0.2) is 0 Å². The highest BCUT2D eigenvalue weighted by molar-refractivity contribution is 7.98. The quantitative estimate of drug-likeness (QED) is 0.751. The highest BCUT2D eigenvalue weighted by Gasteiger charge is 2.31. The minimum Gasteiger partial charge on any atom is -0.310 e. The van der Waals surface area contributed by atoms with Crippen LogP contribution in [0, 0.1) is 5.92 Å². The Kier molecular flexibility index (Phi) is 4.30. The highest BCUT2D eigenvalue weighted by Crippen LogP contribution is 2.41. The topological polar surface area (TPSA) is 12.0 Å². The molecule has 0 heterocycles. The summed E-state index contributed by atoms with van der Waals surface area (Å²) < 4.78 is 0. The van der Waals surface area contributed by atoms with E-state index in [-0.39, 0.29) is 0 Å². The molecule has 1 saturated carbocycles. The zero-order chi connectivity index (χ0) is 11.4. The Hall–Kier alpha value is -0.470. The minimum absolute atomic E-state index is 0.593. The van der Waals surface area contributed by atoms with E-state index in [1.165, 1.54) is 29.7 Å². The normalized spacial score (nSPS) is 17.4. The van der Waals surface area contributed by atoms with E-state index >= 15 is 0 Å². The first-order chi connectivity index (χ1) is 7.85. The molecule has 1 aliphatic rings. The molecule has 1 atom stereocenters. The lowest BCUT2D eigenvalue weighted by atomic mass is 10.0. The molecule has 0 saturated heterocycles. The molecule has 1 aromatic rings. The lowest BCUT2D eigenvalue weighted by Crippen LogP contribution is -2.23. The van der Waals surface area contributed by atoms with E-state index in [0.717, 1.165) is 12.5 Å². The molecule has 0 radical (unpaired) electrons. The molecule has 0 aromatic heterocycles. The molecule has 1 nitrogen and oxygen atoms in total. The Balaban J connectivity index is 2.05. The summed E-state index contributed by atoms with van der Waals surface area (Å²) in [7, 11) is 0. The van der Waals surface area contributed by atoms with Crippen LogP contribution in [0.3, 0.4) is 0 Å². The number of rotatable bonds is 6. The second kappa shape index (κ2) is 5.74. The smallest absolute Gasteiger partial charge is 0.0348 e. The summed E-state index contributed by atoms with van der Waals surface area (Å²) in [6.07, 6.45) is 6.13. The van der Waals surface area contributed by atoms with Gasteiger partial charge in [0.15, 0.2) is 0 Å². The number of benzene rings is 1. The van der Waals surface area contributed by atoms with Crippen molar-refractivity contribution in [1.82, 2.24) is 5.32 Å². The van der Waals surface area contributed by atoms with Gasteiger partial charge in [-0.2, -0.15) is 0 Å². The molecule has 2 rings (SSSR count). The van der Waals surface area contributed by atoms with E-state index in [9.17, 15) is 0 Å². The summed E-state index contributed by atoms with van der Waals surface area (Å²) in [6.45, 7) is 3.36. The first kappa shape index (κ1) is 12.0. The Morgan fingerprint density at radius 3 is 2.50 bits per heavy atom. The molecular weight excluding hydrogens is 214 g/mol. The molecule has 2 heteroatoms. The summed E-state index contributed by atoms with van der Waals surface area (Å²) in [6, 6.07) is 9.65. The van der Waals surface area contributed by atoms with E-state index in [1.54, 1.807) is 0 Å². The van der Waals surface area contributed by atoms with Crippen molar-refractivity contribution in [2.24, 2.45) is 5.92 Å². The van der Waals surface area contributed by atoms with Crippen molar-refractivity contribution in [3.05, 3.63) is 29.8 Å². The summed E-state index contributed by atoms with van der Waals surface area (Å²) in [5, 5.41) is 3.68. The Bertz CT molecular complexity index is 316. The van der Waals surface area contributed by atoms with Crippen LogP contribution in [0.5, 0.6) is 0 Å². The molecule has 16 heavy (non-hydrogen) atoms. The Morgan fingerprint density at radius 2 is 2.00 bits per heavy atom. The molecule has 1 N–H and O–H groups in total. The van der Waals surface area contributed by atoms with Crippen molar-refractivity contribution in [3.8, 4) is 0 Å². The maximum absolute atomic E-state index is 3.68. The third-order valence-corrected chi connectivity index (χ3v) is 3.93. The van der Waals surface area contributed by atoms with Gasteiger partial charge in [-0.05, 0) is 55.7 Å². The standard InChI is InChI=1S/C14H21NS/c1-3-10-15-14(11-4-5-11)12-6-8-13(16-2)9-7-12/h6-9,11,14-15H,3-5,10H2,1-2H3. The van der Waals surface area contributed by atoms with Gasteiger partial charge in [0, 0.05) is 10.9 Å². The first-order valence-electron chi connectivity index (χ1n) is 6.22. The van der Waals surface area contributed by atoms with Crippen molar-refractivity contribution in [3.63, 3.8) is 0 Å². The monoisotopic (exact) mass is 235 g/mol. The summed E-state index contributed by atoms with van der Waals surface area (Å²) in [5.74, 6) is 0.881. The van der Waals surface area contributed by atoms with Gasteiger partial charge in [-0.3, -0.25) is 0 Å². The molecule has 0 amide bonds. The fourth-order valence-corrected chi connectivity index (χ4v) is 2.51. The van der Waals surface area contributed by atoms with Crippen LogP contribution in [0.2, 0.25) is 0 Å². The molecule has 1 aliphatic carbocycles. The van der Waals surface area contributed by atoms with Gasteiger partial charge < -0.3 is 5.32 Å². The second-order valence-electron chi connectivity index (χ2n) is 4.54. The molecule has 0 bridgehead atoms. The van der Waals surface area contributed by atoms with E-state index in [4.69, 9.17) is 0 Å². The molecular formula is C14H21NS. The third-order valence-electron chi connectivity index (χ3n) is 3.18. The van der Waals surface area contributed by atoms with Gasteiger partial charge >= 0.3 is 0 Å². The Morgan fingerprint density at radius 1 is 1.31 bits per heavy atom. The molecule has 0 spiro atoms. The number of hydrogen-bond acceptors (Lipinski definition) is 2. The predicted molar refractivity (Wildman–Crippen MR) is 72.0 cm³/mol. The maximum Gasteiger partial charge on any atom is 0.0348 e. The van der Waals surface area contributed by atoms with Gasteiger partial charge in [-0.15, -0.1) is 11.8 Å². The molecule has 0 aliphatic heterocycles. The summed E-state index contributed by atoms with van der Waals surface area (Å²) >= 11 is 1.81. The fourth-order valence-electron chi connectivity index (χ4n) is 2.10. The average Bonchev–Trinajstić information content (AvgIpc) is 3.15. The average molecular weight is 235 g/mol. The number of nitrogens with one attached hydrogen (secondary N) is 1. The van der Waals surface area contributed by atoms with Gasteiger partial charge in [0.2, 0.25) is 0 Å². The largest absolute Gasteiger partial charge is 0.310 e. The number of hydrogen-bond donors (Lipinski definition) is 1. The van der Waals surface area contributed by atoms with Crippen LogP contribution in [0.4, 0.5) is 0 Å². The molecule has 88 valence electrons. The molecule has 1 fully saturated rings. The highest BCUT2D eigenvalue weighted by atomic mass is 32.2. The van der Waals surface area contributed by atoms with E-state index in [1.807, 2.05) is 11.8 Å². The second-order valence-corrected chi connectivity index (χ2v) is 5.42. The van der Waals surface area contributed by atoms with Crippen LogP contribution < -0.4 is 5.32 Å². The van der Waals surface area contributed by atoms with Gasteiger partial charge in [0.25, 0.3) is 0 Å². The van der Waals surface area contributed by atoms with Gasteiger partial charge in [0.05, 0.1) is 0 Å². The van der Waals surface area contributed by atoms with Crippen LogP contribution >= 0.6 is 11.8 Å². The minimum atomic E-state index is 0.593. The fraction of sp³-hybridized carbons (Fsp3) is 0.571. The van der Waals surface area contributed by atoms with Crippen LogP contribution in [0.15, 0.2) is 29.2 Å². The molecule has 1 unspecified atom stereocenters. The van der Waals surface area contributed by atoms with Crippen molar-refractivity contribution in [2.75, 3.05) is 12.8 Å². The lowest BCUT2D eigenvalue weighted by Gasteiger charge is -2.18. The maximum atomic E-state index is 3.68. The first-order valence-corrected chi connectivity index (χ1v) is 7.45. The van der Waals surface area contributed by atoms with E-state index < -0.39 is 0 Å². The van der Waals surface area contributed by atoms with E-state index in [2.05, 4.69) is 42.8 Å². The van der Waals surface area contributed by atoms with Crippen molar-refractivity contribution in [2.45, 2.75) is 37.1 Å². The third kappa shape index (κ3) is 3.02. The van der Waals surface area contributed by atoms with Crippen molar-refractivity contribution < 1.29 is 0 Å². The Labute approximate surface area is 103 Å². The lowest BCUT2D eigenvalue weighted by molar-refractivity contribution is 0.481.